The van der Waals surface area contributed by atoms with E-state index >= 15 is 0 Å². The summed E-state index contributed by atoms with van der Waals surface area (Å²) in [5.41, 5.74) is 1.04. The van der Waals surface area contributed by atoms with Crippen LogP contribution >= 0.6 is 15.9 Å². The topological polar surface area (TPSA) is 50.3 Å². The van der Waals surface area contributed by atoms with Gasteiger partial charge in [0.05, 0.1) is 13.3 Å². The highest BCUT2D eigenvalue weighted by Crippen LogP contribution is 2.23. The van der Waals surface area contributed by atoms with Crippen LogP contribution in [0.4, 0.5) is 0 Å². The minimum absolute atomic E-state index is 0.445. The monoisotopic (exact) mass is 251 g/mol. The van der Waals surface area contributed by atoms with Crippen molar-refractivity contribution in [1.29, 1.82) is 5.26 Å². The summed E-state index contributed by atoms with van der Waals surface area (Å²) in [7, 11) is 1.53. The summed E-state index contributed by atoms with van der Waals surface area (Å²) in [6.07, 6.45) is 3.45. The molecule has 2 aromatic rings. The number of nitriles is 1. The molecule has 5 heteroatoms. The number of aromatic nitrogens is 2. The summed E-state index contributed by atoms with van der Waals surface area (Å²) < 4.78 is 7.65. The van der Waals surface area contributed by atoms with Gasteiger partial charge in [-0.1, -0.05) is 0 Å². The first kappa shape index (κ1) is 9.03. The number of rotatable bonds is 1. The number of hydrogen-bond acceptors (Lipinski definition) is 3. The molecule has 0 spiro atoms. The van der Waals surface area contributed by atoms with Gasteiger partial charge in [0, 0.05) is 6.20 Å². The van der Waals surface area contributed by atoms with Crippen LogP contribution in [-0.4, -0.2) is 16.5 Å². The highest BCUT2D eigenvalue weighted by atomic mass is 79.9. The fourth-order valence-electron chi connectivity index (χ4n) is 1.28. The smallest absolute Gasteiger partial charge is 0.159 e. The van der Waals surface area contributed by atoms with Crippen molar-refractivity contribution < 1.29 is 4.74 Å². The number of hydrogen-bond donors (Lipinski definition) is 0. The molecule has 0 aliphatic heterocycles. The molecule has 4 nitrogen and oxygen atoms in total. The predicted octanol–water partition coefficient (Wildman–Crippen LogP) is 1.98. The first-order chi connectivity index (χ1) is 6.77. The molecule has 0 radical (unpaired) electrons. The molecule has 0 aliphatic carbocycles. The van der Waals surface area contributed by atoms with Crippen LogP contribution in [0.1, 0.15) is 5.56 Å². The molecule has 70 valence electrons. The number of nitrogens with zero attached hydrogens (tertiary/aromatic N) is 3. The van der Waals surface area contributed by atoms with Gasteiger partial charge in [-0.15, -0.1) is 0 Å². The van der Waals surface area contributed by atoms with Gasteiger partial charge in [-0.3, -0.25) is 4.40 Å². The first-order valence-electron chi connectivity index (χ1n) is 3.87. The van der Waals surface area contributed by atoms with Crippen LogP contribution in [0.2, 0.25) is 0 Å². The Balaban J connectivity index is 2.86. The molecular weight excluding hydrogens is 246 g/mol. The van der Waals surface area contributed by atoms with Crippen LogP contribution in [0, 0.1) is 11.3 Å². The second-order valence-electron chi connectivity index (χ2n) is 2.65. The van der Waals surface area contributed by atoms with Crippen molar-refractivity contribution in [2.75, 3.05) is 7.11 Å². The number of imidazole rings is 1. The maximum atomic E-state index is 8.96. The van der Waals surface area contributed by atoms with Gasteiger partial charge in [0.25, 0.3) is 0 Å². The molecule has 0 fully saturated rings. The minimum atomic E-state index is 0.445. The summed E-state index contributed by atoms with van der Waals surface area (Å²) in [5.74, 6) is 0.540. The Morgan fingerprint density at radius 1 is 1.64 bits per heavy atom. The molecule has 0 aromatic carbocycles. The molecule has 0 aliphatic rings. The third-order valence-electron chi connectivity index (χ3n) is 1.93. The van der Waals surface area contributed by atoms with Gasteiger partial charge in [-0.25, -0.2) is 4.98 Å². The lowest BCUT2D eigenvalue weighted by molar-refractivity contribution is 0.413. The second kappa shape index (κ2) is 3.31. The Morgan fingerprint density at radius 3 is 3.07 bits per heavy atom. The molecule has 2 rings (SSSR count). The van der Waals surface area contributed by atoms with Gasteiger partial charge in [-0.2, -0.15) is 5.26 Å². The lowest BCUT2D eigenvalue weighted by Gasteiger charge is -2.03. The van der Waals surface area contributed by atoms with Gasteiger partial charge in [0.1, 0.15) is 22.0 Å². The molecule has 0 bridgehead atoms. The molecule has 0 N–H and O–H groups in total. The SMILES string of the molecule is COc1ccn2c(Br)cnc2c1C#N. The third kappa shape index (κ3) is 1.16. The Bertz CT molecular complexity index is 527. The molecule has 0 unspecified atom stereocenters. The second-order valence-corrected chi connectivity index (χ2v) is 3.46. The van der Waals surface area contributed by atoms with Crippen molar-refractivity contribution in [2.45, 2.75) is 0 Å². The van der Waals surface area contributed by atoms with Crippen LogP contribution in [-0.2, 0) is 0 Å². The van der Waals surface area contributed by atoms with Crippen LogP contribution in [0.25, 0.3) is 5.65 Å². The highest BCUT2D eigenvalue weighted by molar-refractivity contribution is 9.10. The molecular formula is C9H6BrN3O. The third-order valence-corrected chi connectivity index (χ3v) is 2.52. The predicted molar refractivity (Wildman–Crippen MR) is 54.2 cm³/mol. The summed E-state index contributed by atoms with van der Waals surface area (Å²) >= 11 is 3.33. The number of halogens is 1. The van der Waals surface area contributed by atoms with E-state index in [2.05, 4.69) is 27.0 Å². The number of fused-ring (bicyclic) bond motifs is 1. The van der Waals surface area contributed by atoms with Gasteiger partial charge in [0.2, 0.25) is 0 Å². The van der Waals surface area contributed by atoms with Gasteiger partial charge >= 0.3 is 0 Å². The van der Waals surface area contributed by atoms with E-state index in [0.29, 0.717) is 17.0 Å². The van der Waals surface area contributed by atoms with Crippen molar-refractivity contribution in [3.05, 3.63) is 28.6 Å². The zero-order valence-electron chi connectivity index (χ0n) is 7.36. The maximum Gasteiger partial charge on any atom is 0.159 e. The standard InChI is InChI=1S/C9H6BrN3O/c1-14-7-2-3-13-8(10)5-12-9(13)6(7)4-11/h2-3,5H,1H3. The molecule has 0 saturated heterocycles. The summed E-state index contributed by atoms with van der Waals surface area (Å²) in [6.45, 7) is 0. The van der Waals surface area contributed by atoms with Crippen molar-refractivity contribution >= 4 is 21.6 Å². The number of pyridine rings is 1. The minimum Gasteiger partial charge on any atom is -0.495 e. The van der Waals surface area contributed by atoms with Gasteiger partial charge in [-0.05, 0) is 22.0 Å². The molecule has 2 aromatic heterocycles. The lowest BCUT2D eigenvalue weighted by atomic mass is 10.2. The number of methoxy groups -OCH3 is 1. The summed E-state index contributed by atoms with van der Waals surface area (Å²) in [5, 5.41) is 8.96. The van der Waals surface area contributed by atoms with Crippen molar-refractivity contribution in [2.24, 2.45) is 0 Å². The highest BCUT2D eigenvalue weighted by Gasteiger charge is 2.10. The van der Waals surface area contributed by atoms with Gasteiger partial charge in [0.15, 0.2) is 5.65 Å². The van der Waals surface area contributed by atoms with Crippen molar-refractivity contribution in [3.63, 3.8) is 0 Å². The first-order valence-corrected chi connectivity index (χ1v) is 4.67. The van der Waals surface area contributed by atoms with Gasteiger partial charge < -0.3 is 4.74 Å². The van der Waals surface area contributed by atoms with Crippen molar-refractivity contribution in [3.8, 4) is 11.8 Å². The molecule has 0 atom stereocenters. The van der Waals surface area contributed by atoms with E-state index in [1.54, 1.807) is 22.9 Å². The zero-order chi connectivity index (χ0) is 10.1. The largest absolute Gasteiger partial charge is 0.495 e. The van der Waals surface area contributed by atoms with E-state index in [4.69, 9.17) is 10.00 Å². The maximum absolute atomic E-state index is 8.96. The molecule has 0 amide bonds. The lowest BCUT2D eigenvalue weighted by Crippen LogP contribution is -1.93. The Kier molecular flexibility index (Phi) is 2.14. The van der Waals surface area contributed by atoms with Crippen LogP contribution < -0.4 is 4.74 Å². The molecule has 2 heterocycles. The van der Waals surface area contributed by atoms with E-state index in [-0.39, 0.29) is 0 Å². The Morgan fingerprint density at radius 2 is 2.43 bits per heavy atom. The number of ether oxygens (including phenoxy) is 1. The summed E-state index contributed by atoms with van der Waals surface area (Å²) in [6, 6.07) is 3.81. The quantitative estimate of drug-likeness (QED) is 0.779. The fraction of sp³-hybridized carbons (Fsp3) is 0.111. The Hall–Kier alpha value is -1.54. The van der Waals surface area contributed by atoms with E-state index in [1.165, 1.54) is 7.11 Å². The fourth-order valence-corrected chi connectivity index (χ4v) is 1.67. The summed E-state index contributed by atoms with van der Waals surface area (Å²) in [4.78, 5) is 4.11. The van der Waals surface area contributed by atoms with Crippen LogP contribution in [0.3, 0.4) is 0 Å². The average Bonchev–Trinajstić information content (AvgIpc) is 2.59. The van der Waals surface area contributed by atoms with Crippen LogP contribution in [0.5, 0.6) is 5.75 Å². The van der Waals surface area contributed by atoms with E-state index in [0.717, 1.165) is 4.60 Å². The average molecular weight is 252 g/mol. The van der Waals surface area contributed by atoms with E-state index < -0.39 is 0 Å². The van der Waals surface area contributed by atoms with Crippen molar-refractivity contribution in [1.82, 2.24) is 9.38 Å². The van der Waals surface area contributed by atoms with Crippen LogP contribution in [0.15, 0.2) is 23.1 Å². The normalized spacial score (nSPS) is 10.1. The van der Waals surface area contributed by atoms with E-state index in [1.807, 2.05) is 0 Å². The molecule has 0 saturated carbocycles. The molecule has 14 heavy (non-hydrogen) atoms. The zero-order valence-corrected chi connectivity index (χ0v) is 8.95. The Labute approximate surface area is 88.9 Å². The van der Waals surface area contributed by atoms with E-state index in [9.17, 15) is 0 Å².